The van der Waals surface area contributed by atoms with E-state index in [9.17, 15) is 9.59 Å². The van der Waals surface area contributed by atoms with E-state index in [4.69, 9.17) is 9.15 Å². The number of nitrogens with zero attached hydrogens (tertiary/aromatic N) is 1. The van der Waals surface area contributed by atoms with Gasteiger partial charge in [-0.2, -0.15) is 0 Å². The zero-order chi connectivity index (χ0) is 21.8. The van der Waals surface area contributed by atoms with Crippen LogP contribution in [0, 0.1) is 13.8 Å². The molecule has 160 valence electrons. The van der Waals surface area contributed by atoms with E-state index in [2.05, 4.69) is 9.88 Å². The van der Waals surface area contributed by atoms with E-state index in [1.807, 2.05) is 50.2 Å². The van der Waals surface area contributed by atoms with Crippen LogP contribution < -0.4 is 5.32 Å². The number of esters is 1. The Morgan fingerprint density at radius 3 is 2.65 bits per heavy atom. The molecule has 1 aliphatic rings. The van der Waals surface area contributed by atoms with E-state index >= 15 is 0 Å². The largest absolute Gasteiger partial charge is 0.467 e. The number of hydrogen-bond donors (Lipinski definition) is 1. The van der Waals surface area contributed by atoms with Gasteiger partial charge in [0.25, 0.3) is 5.91 Å². The van der Waals surface area contributed by atoms with Gasteiger partial charge < -0.3 is 19.0 Å². The van der Waals surface area contributed by atoms with Gasteiger partial charge in [-0.15, -0.1) is 0 Å². The van der Waals surface area contributed by atoms with Crippen molar-refractivity contribution >= 4 is 18.0 Å². The molecule has 1 fully saturated rings. The van der Waals surface area contributed by atoms with Crippen LogP contribution in [0.15, 0.2) is 65.3 Å². The summed E-state index contributed by atoms with van der Waals surface area (Å²) in [7, 11) is 0. The normalized spacial score (nSPS) is 14.5. The number of carbonyl (C=O) groups excluding carboxylic acids is 2. The monoisotopic (exact) mass is 418 g/mol. The zero-order valence-electron chi connectivity index (χ0n) is 17.7. The smallest absolute Gasteiger partial charge is 0.331 e. The molecule has 2 aromatic heterocycles. The fourth-order valence-electron chi connectivity index (χ4n) is 3.52. The first kappa shape index (κ1) is 20.7. The Hall–Kier alpha value is -3.54. The van der Waals surface area contributed by atoms with Crippen LogP contribution in [0.1, 0.15) is 47.2 Å². The Labute approximate surface area is 181 Å². The second-order valence-electron chi connectivity index (χ2n) is 7.84. The van der Waals surface area contributed by atoms with Crippen LogP contribution in [0.4, 0.5) is 0 Å². The molecule has 0 saturated heterocycles. The third-order valence-corrected chi connectivity index (χ3v) is 5.40. The molecule has 1 aromatic carbocycles. The molecule has 0 bridgehead atoms. The van der Waals surface area contributed by atoms with E-state index in [0.717, 1.165) is 35.6 Å². The Kier molecular flexibility index (Phi) is 6.07. The maximum Gasteiger partial charge on any atom is 0.331 e. The molecule has 0 unspecified atom stereocenters. The lowest BCUT2D eigenvalue weighted by molar-refractivity contribution is -0.151. The average Bonchev–Trinajstić information content (AvgIpc) is 3.35. The minimum absolute atomic E-state index is 0.188. The lowest BCUT2D eigenvalue weighted by atomic mass is 10.1. The average molecular weight is 418 g/mol. The summed E-state index contributed by atoms with van der Waals surface area (Å²) in [6, 6.07) is 15.1. The molecule has 3 aromatic rings. The highest BCUT2D eigenvalue weighted by Gasteiger charge is 2.30. The molecule has 2 heterocycles. The summed E-state index contributed by atoms with van der Waals surface area (Å²) < 4.78 is 13.1. The Balaban J connectivity index is 1.47. The number of aryl methyl sites for hydroxylation is 1. The highest BCUT2D eigenvalue weighted by atomic mass is 16.5. The van der Waals surface area contributed by atoms with Crippen LogP contribution in [0.3, 0.4) is 0 Å². The topological polar surface area (TPSA) is 73.5 Å². The highest BCUT2D eigenvalue weighted by molar-refractivity contribution is 5.91. The van der Waals surface area contributed by atoms with Gasteiger partial charge in [-0.25, -0.2) is 4.79 Å². The van der Waals surface area contributed by atoms with Crippen LogP contribution in [0.25, 0.3) is 6.08 Å². The standard InChI is InChI=1S/C25H26N2O4/c1-17-15-20(18(2)27(17)16-22-9-6-14-30-22)10-13-23(28)31-24(19-7-4-3-5-8-19)25(29)26-21-11-12-21/h3-10,13-15,21,24H,11-12,16H2,1-2H3,(H,26,29)/b13-10+/t24-/m1/s1. The molecule has 1 amide bonds. The summed E-state index contributed by atoms with van der Waals surface area (Å²) in [5, 5.41) is 2.92. The number of amides is 1. The maximum absolute atomic E-state index is 12.6. The molecule has 1 N–H and O–H groups in total. The molecule has 0 radical (unpaired) electrons. The van der Waals surface area contributed by atoms with Gasteiger partial charge in [-0.05, 0) is 56.5 Å². The summed E-state index contributed by atoms with van der Waals surface area (Å²) in [5.74, 6) is 0.0202. The van der Waals surface area contributed by atoms with E-state index in [-0.39, 0.29) is 11.9 Å². The number of aromatic nitrogens is 1. The molecule has 0 aliphatic heterocycles. The molecule has 4 rings (SSSR count). The molecular formula is C25H26N2O4. The van der Waals surface area contributed by atoms with Crippen molar-refractivity contribution in [1.29, 1.82) is 0 Å². The SMILES string of the molecule is Cc1cc(/C=C/C(=O)O[C@@H](C(=O)NC2CC2)c2ccccc2)c(C)n1Cc1ccco1. The number of furan rings is 1. The van der Waals surface area contributed by atoms with E-state index < -0.39 is 12.1 Å². The van der Waals surface area contributed by atoms with Gasteiger partial charge in [-0.3, -0.25) is 4.79 Å². The van der Waals surface area contributed by atoms with E-state index in [1.54, 1.807) is 24.5 Å². The van der Waals surface area contributed by atoms with Gasteiger partial charge in [0.15, 0.2) is 0 Å². The first-order valence-electron chi connectivity index (χ1n) is 10.4. The minimum Gasteiger partial charge on any atom is -0.467 e. The molecule has 0 spiro atoms. The fourth-order valence-corrected chi connectivity index (χ4v) is 3.52. The fraction of sp³-hybridized carbons (Fsp3) is 0.280. The van der Waals surface area contributed by atoms with Crippen molar-refractivity contribution in [3.63, 3.8) is 0 Å². The maximum atomic E-state index is 12.6. The quantitative estimate of drug-likeness (QED) is 0.437. The third kappa shape index (κ3) is 5.15. The number of ether oxygens (including phenoxy) is 1. The predicted molar refractivity (Wildman–Crippen MR) is 117 cm³/mol. The zero-order valence-corrected chi connectivity index (χ0v) is 17.7. The number of benzene rings is 1. The summed E-state index contributed by atoms with van der Waals surface area (Å²) in [6.45, 7) is 4.64. The van der Waals surface area contributed by atoms with Crippen molar-refractivity contribution in [2.45, 2.75) is 45.4 Å². The molecule has 1 atom stereocenters. The van der Waals surface area contributed by atoms with Crippen LogP contribution in [-0.4, -0.2) is 22.5 Å². The van der Waals surface area contributed by atoms with Crippen LogP contribution in [-0.2, 0) is 20.9 Å². The van der Waals surface area contributed by atoms with Crippen molar-refractivity contribution in [2.24, 2.45) is 0 Å². The van der Waals surface area contributed by atoms with Crippen molar-refractivity contribution < 1.29 is 18.7 Å². The Bertz CT molecular complexity index is 1080. The third-order valence-electron chi connectivity index (χ3n) is 5.40. The second kappa shape index (κ2) is 9.08. The van der Waals surface area contributed by atoms with Gasteiger partial charge in [0.05, 0.1) is 12.8 Å². The molecule has 6 heteroatoms. The molecular weight excluding hydrogens is 392 g/mol. The molecule has 31 heavy (non-hydrogen) atoms. The van der Waals surface area contributed by atoms with Crippen LogP contribution in [0.5, 0.6) is 0 Å². The van der Waals surface area contributed by atoms with Gasteiger partial charge in [0, 0.05) is 29.1 Å². The van der Waals surface area contributed by atoms with E-state index in [0.29, 0.717) is 12.1 Å². The van der Waals surface area contributed by atoms with Crippen molar-refractivity contribution in [1.82, 2.24) is 9.88 Å². The van der Waals surface area contributed by atoms with Gasteiger partial charge >= 0.3 is 5.97 Å². The van der Waals surface area contributed by atoms with Crippen LogP contribution in [0.2, 0.25) is 0 Å². The number of rotatable bonds is 8. The van der Waals surface area contributed by atoms with Crippen molar-refractivity contribution in [2.75, 3.05) is 0 Å². The van der Waals surface area contributed by atoms with Gasteiger partial charge in [0.1, 0.15) is 5.76 Å². The summed E-state index contributed by atoms with van der Waals surface area (Å²) in [4.78, 5) is 25.2. The number of nitrogens with one attached hydrogen (secondary N) is 1. The first-order chi connectivity index (χ1) is 15.0. The molecule has 6 nitrogen and oxygen atoms in total. The summed E-state index contributed by atoms with van der Waals surface area (Å²) in [5.41, 5.74) is 3.65. The number of carbonyl (C=O) groups is 2. The van der Waals surface area contributed by atoms with Gasteiger partial charge in [-0.1, -0.05) is 30.3 Å². The highest BCUT2D eigenvalue weighted by Crippen LogP contribution is 2.24. The van der Waals surface area contributed by atoms with Crippen molar-refractivity contribution in [3.05, 3.63) is 89.1 Å². The molecule has 1 aliphatic carbocycles. The van der Waals surface area contributed by atoms with E-state index in [1.165, 1.54) is 6.08 Å². The Morgan fingerprint density at radius 1 is 1.19 bits per heavy atom. The summed E-state index contributed by atoms with van der Waals surface area (Å²) in [6.07, 6.45) is 5.72. The lowest BCUT2D eigenvalue weighted by Gasteiger charge is -2.17. The Morgan fingerprint density at radius 2 is 1.97 bits per heavy atom. The minimum atomic E-state index is -0.967. The summed E-state index contributed by atoms with van der Waals surface area (Å²) >= 11 is 0. The van der Waals surface area contributed by atoms with Gasteiger partial charge in [0.2, 0.25) is 6.10 Å². The number of hydrogen-bond acceptors (Lipinski definition) is 4. The predicted octanol–water partition coefficient (Wildman–Crippen LogP) is 4.32. The lowest BCUT2D eigenvalue weighted by Crippen LogP contribution is -2.33. The molecule has 1 saturated carbocycles. The van der Waals surface area contributed by atoms with Crippen molar-refractivity contribution in [3.8, 4) is 0 Å². The first-order valence-corrected chi connectivity index (χ1v) is 10.4. The second-order valence-corrected chi connectivity index (χ2v) is 7.84. The van der Waals surface area contributed by atoms with Crippen LogP contribution >= 0.6 is 0 Å².